The molecule has 4 nitrogen and oxygen atoms in total. The molecule has 92 valence electrons. The summed E-state index contributed by atoms with van der Waals surface area (Å²) in [6, 6.07) is 4.82. The number of aliphatic carboxylic acids is 1. The van der Waals surface area contributed by atoms with E-state index in [1.807, 2.05) is 0 Å². The molecule has 2 N–H and O–H groups in total. The average molecular weight is 257 g/mol. The summed E-state index contributed by atoms with van der Waals surface area (Å²) in [6.45, 7) is 1.40. The topological polar surface area (TPSA) is 74.6 Å². The number of carboxylic acids is 1. The number of aliphatic hydroxyl groups excluding tert-OH is 1. The number of hydrogen-bond donors (Lipinski definition) is 2. The molecule has 0 aliphatic heterocycles. The maximum Gasteiger partial charge on any atom is 0.337 e. The smallest absolute Gasteiger partial charge is 0.337 e. The Morgan fingerprint density at radius 2 is 2.06 bits per heavy atom. The first-order chi connectivity index (χ1) is 7.97. The van der Waals surface area contributed by atoms with Gasteiger partial charge in [0.05, 0.1) is 0 Å². The first kappa shape index (κ1) is 13.7. The Labute approximate surface area is 104 Å². The number of ketones is 1. The van der Waals surface area contributed by atoms with Crippen LogP contribution in [0.25, 0.3) is 0 Å². The van der Waals surface area contributed by atoms with Gasteiger partial charge in [-0.15, -0.1) is 11.6 Å². The molecule has 1 unspecified atom stereocenters. The van der Waals surface area contributed by atoms with Crippen LogP contribution >= 0.6 is 11.6 Å². The minimum Gasteiger partial charge on any atom is -0.479 e. The number of carbonyl (C=O) groups excluding carboxylic acids is 1. The third kappa shape index (κ3) is 3.28. The Morgan fingerprint density at radius 1 is 1.41 bits per heavy atom. The lowest BCUT2D eigenvalue weighted by Crippen LogP contribution is -2.15. The van der Waals surface area contributed by atoms with Crippen molar-refractivity contribution in [2.24, 2.45) is 0 Å². The van der Waals surface area contributed by atoms with Gasteiger partial charge in [0.15, 0.2) is 6.10 Å². The van der Waals surface area contributed by atoms with Gasteiger partial charge in [-0.1, -0.05) is 18.2 Å². The molecule has 1 atom stereocenters. The zero-order valence-electron chi connectivity index (χ0n) is 9.31. The van der Waals surface area contributed by atoms with Crippen molar-refractivity contribution in [2.75, 3.05) is 0 Å². The van der Waals surface area contributed by atoms with Gasteiger partial charge in [-0.2, -0.15) is 0 Å². The minimum absolute atomic E-state index is 0.0720. The molecular formula is C12H13ClO4. The molecule has 1 aromatic rings. The van der Waals surface area contributed by atoms with Crippen molar-refractivity contribution in [2.45, 2.75) is 25.3 Å². The summed E-state index contributed by atoms with van der Waals surface area (Å²) in [6.07, 6.45) is -1.56. The third-order valence-electron chi connectivity index (χ3n) is 2.41. The van der Waals surface area contributed by atoms with Gasteiger partial charge < -0.3 is 10.2 Å². The van der Waals surface area contributed by atoms with Crippen molar-refractivity contribution < 1.29 is 19.8 Å². The van der Waals surface area contributed by atoms with Gasteiger partial charge >= 0.3 is 5.97 Å². The number of Topliss-reactive ketones (excluding diaryl/α,β-unsaturated/α-hetero) is 1. The van der Waals surface area contributed by atoms with E-state index < -0.39 is 12.1 Å². The van der Waals surface area contributed by atoms with E-state index in [4.69, 9.17) is 16.7 Å². The second kappa shape index (κ2) is 5.80. The molecule has 0 radical (unpaired) electrons. The Bertz CT molecular complexity index is 442. The van der Waals surface area contributed by atoms with Crippen LogP contribution < -0.4 is 0 Å². The largest absolute Gasteiger partial charge is 0.479 e. The van der Waals surface area contributed by atoms with Crippen LogP contribution in [0.5, 0.6) is 0 Å². The van der Waals surface area contributed by atoms with Gasteiger partial charge in [0.2, 0.25) is 0 Å². The zero-order valence-corrected chi connectivity index (χ0v) is 10.1. The summed E-state index contributed by atoms with van der Waals surface area (Å²) in [4.78, 5) is 21.9. The van der Waals surface area contributed by atoms with Crippen LogP contribution in [0, 0.1) is 0 Å². The average Bonchev–Trinajstić information content (AvgIpc) is 2.27. The van der Waals surface area contributed by atoms with Crippen LogP contribution in [-0.4, -0.2) is 22.0 Å². The number of halogens is 1. The van der Waals surface area contributed by atoms with E-state index >= 15 is 0 Å². The van der Waals surface area contributed by atoms with E-state index in [1.54, 1.807) is 12.1 Å². The highest BCUT2D eigenvalue weighted by Crippen LogP contribution is 2.24. The fraction of sp³-hybridized carbons (Fsp3) is 0.333. The predicted molar refractivity (Wildman–Crippen MR) is 63.0 cm³/mol. The van der Waals surface area contributed by atoms with Crippen LogP contribution in [0.2, 0.25) is 0 Å². The molecular weight excluding hydrogens is 244 g/mol. The molecule has 5 heteroatoms. The zero-order chi connectivity index (χ0) is 13.0. The monoisotopic (exact) mass is 256 g/mol. The van der Waals surface area contributed by atoms with Gasteiger partial charge in [0.1, 0.15) is 5.78 Å². The molecule has 0 aromatic heterocycles. The third-order valence-corrected chi connectivity index (χ3v) is 2.70. The van der Waals surface area contributed by atoms with E-state index in [2.05, 4.69) is 0 Å². The van der Waals surface area contributed by atoms with E-state index in [9.17, 15) is 14.7 Å². The summed E-state index contributed by atoms with van der Waals surface area (Å²) in [5, 5.41) is 18.3. The van der Waals surface area contributed by atoms with Gasteiger partial charge in [0, 0.05) is 12.3 Å². The van der Waals surface area contributed by atoms with Crippen LogP contribution in [0.15, 0.2) is 18.2 Å². The van der Waals surface area contributed by atoms with Gasteiger partial charge in [0.25, 0.3) is 0 Å². The fourth-order valence-corrected chi connectivity index (χ4v) is 1.88. The highest BCUT2D eigenvalue weighted by atomic mass is 35.5. The molecule has 0 spiro atoms. The molecule has 0 fully saturated rings. The molecule has 0 aliphatic carbocycles. The Balaban J connectivity index is 3.28. The van der Waals surface area contributed by atoms with E-state index in [-0.39, 0.29) is 23.6 Å². The Hall–Kier alpha value is -1.39. The highest BCUT2D eigenvalue weighted by molar-refractivity contribution is 6.17. The second-order valence-corrected chi connectivity index (χ2v) is 4.01. The van der Waals surface area contributed by atoms with Crippen LogP contribution in [-0.2, 0) is 21.9 Å². The lowest BCUT2D eigenvalue weighted by atomic mass is 9.94. The normalized spacial score (nSPS) is 12.2. The number of benzene rings is 1. The van der Waals surface area contributed by atoms with Crippen LogP contribution in [0.1, 0.15) is 29.7 Å². The number of carbonyl (C=O) groups is 2. The van der Waals surface area contributed by atoms with Crippen molar-refractivity contribution in [3.05, 3.63) is 34.9 Å². The molecule has 1 aromatic carbocycles. The minimum atomic E-state index is -1.63. The maximum atomic E-state index is 11.2. The molecule has 1 rings (SSSR count). The number of alkyl halides is 1. The Kier molecular flexibility index (Phi) is 4.66. The van der Waals surface area contributed by atoms with E-state index in [0.717, 1.165) is 0 Å². The van der Waals surface area contributed by atoms with Gasteiger partial charge in [-0.3, -0.25) is 4.79 Å². The van der Waals surface area contributed by atoms with Gasteiger partial charge in [-0.05, 0) is 23.6 Å². The van der Waals surface area contributed by atoms with Crippen molar-refractivity contribution in [1.29, 1.82) is 0 Å². The first-order valence-electron chi connectivity index (χ1n) is 5.04. The molecule has 0 saturated carbocycles. The van der Waals surface area contributed by atoms with Gasteiger partial charge in [-0.25, -0.2) is 4.79 Å². The SMILES string of the molecule is CC(=O)Cc1c(CCl)cccc1C(O)C(=O)O. The van der Waals surface area contributed by atoms with E-state index in [1.165, 1.54) is 13.0 Å². The maximum absolute atomic E-state index is 11.2. The molecule has 0 aliphatic rings. The van der Waals surface area contributed by atoms with Crippen LogP contribution in [0.3, 0.4) is 0 Å². The summed E-state index contributed by atoms with van der Waals surface area (Å²) in [7, 11) is 0. The van der Waals surface area contributed by atoms with E-state index in [0.29, 0.717) is 11.1 Å². The summed E-state index contributed by atoms with van der Waals surface area (Å²) >= 11 is 5.73. The number of hydrogen-bond acceptors (Lipinski definition) is 3. The lowest BCUT2D eigenvalue weighted by molar-refractivity contribution is -0.147. The summed E-state index contributed by atoms with van der Waals surface area (Å²) in [5.74, 6) is -1.29. The van der Waals surface area contributed by atoms with Crippen molar-refractivity contribution in [1.82, 2.24) is 0 Å². The summed E-state index contributed by atoms with van der Waals surface area (Å²) < 4.78 is 0. The van der Waals surface area contributed by atoms with Crippen molar-refractivity contribution in [3.63, 3.8) is 0 Å². The second-order valence-electron chi connectivity index (χ2n) is 3.74. The number of aliphatic hydroxyl groups is 1. The predicted octanol–water partition coefficient (Wildman–Crippen LogP) is 1.67. The molecule has 17 heavy (non-hydrogen) atoms. The molecule has 0 bridgehead atoms. The number of rotatable bonds is 5. The van der Waals surface area contributed by atoms with Crippen molar-refractivity contribution in [3.8, 4) is 0 Å². The quantitative estimate of drug-likeness (QED) is 0.786. The first-order valence-corrected chi connectivity index (χ1v) is 5.57. The fourth-order valence-electron chi connectivity index (χ4n) is 1.63. The highest BCUT2D eigenvalue weighted by Gasteiger charge is 2.21. The summed E-state index contributed by atoms with van der Waals surface area (Å²) in [5.41, 5.74) is 1.40. The molecule has 0 amide bonds. The molecule has 0 heterocycles. The molecule has 0 saturated heterocycles. The standard InChI is InChI=1S/C12H13ClO4/c1-7(14)5-10-8(6-13)3-2-4-9(10)11(15)12(16)17/h2-4,11,15H,5-6H2,1H3,(H,16,17). The lowest BCUT2D eigenvalue weighted by Gasteiger charge is -2.14. The van der Waals surface area contributed by atoms with Crippen molar-refractivity contribution >= 4 is 23.4 Å². The van der Waals surface area contributed by atoms with Crippen LogP contribution in [0.4, 0.5) is 0 Å². The number of carboxylic acid groups (broad SMARTS) is 1. The Morgan fingerprint density at radius 3 is 2.53 bits per heavy atom.